The van der Waals surface area contributed by atoms with Crippen LogP contribution in [0.15, 0.2) is 24.3 Å². The summed E-state index contributed by atoms with van der Waals surface area (Å²) >= 11 is 0. The van der Waals surface area contributed by atoms with Gasteiger partial charge in [0.15, 0.2) is 0 Å². The summed E-state index contributed by atoms with van der Waals surface area (Å²) in [5.74, 6) is -0.212. The minimum atomic E-state index is -0.193. The third-order valence-corrected chi connectivity index (χ3v) is 4.04. The Morgan fingerprint density at radius 2 is 1.84 bits per heavy atom. The minimum Gasteiger partial charge on any atom is -0.345 e. The molecular weight excluding hydrogens is 242 g/mol. The van der Waals surface area contributed by atoms with Gasteiger partial charge in [-0.05, 0) is 37.0 Å². The Bertz CT molecular complexity index is 520. The Labute approximate surface area is 111 Å². The van der Waals surface area contributed by atoms with Crippen molar-refractivity contribution in [2.75, 3.05) is 18.0 Å². The van der Waals surface area contributed by atoms with Crippen molar-refractivity contribution in [3.63, 3.8) is 0 Å². The van der Waals surface area contributed by atoms with Crippen molar-refractivity contribution in [2.24, 2.45) is 5.73 Å². The zero-order chi connectivity index (χ0) is 13.5. The Balaban J connectivity index is 1.82. The van der Waals surface area contributed by atoms with Crippen molar-refractivity contribution in [3.05, 3.63) is 29.8 Å². The largest absolute Gasteiger partial charge is 0.345 e. The van der Waals surface area contributed by atoms with Crippen molar-refractivity contribution in [2.45, 2.75) is 24.8 Å². The molecule has 1 saturated carbocycles. The maximum absolute atomic E-state index is 11.8. The van der Waals surface area contributed by atoms with Crippen LogP contribution in [0.2, 0.25) is 0 Å². The van der Waals surface area contributed by atoms with Gasteiger partial charge in [-0.1, -0.05) is 12.1 Å². The molecular formula is C14H17N3O2. The Hall–Kier alpha value is -1.88. The zero-order valence-corrected chi connectivity index (χ0v) is 10.7. The highest BCUT2D eigenvalue weighted by Crippen LogP contribution is 2.39. The first-order valence-corrected chi connectivity index (χ1v) is 6.55. The Morgan fingerprint density at radius 3 is 2.42 bits per heavy atom. The van der Waals surface area contributed by atoms with Crippen molar-refractivity contribution >= 4 is 17.5 Å². The molecule has 19 heavy (non-hydrogen) atoms. The number of nitrogens with zero attached hydrogens (tertiary/aromatic N) is 1. The van der Waals surface area contributed by atoms with Crippen LogP contribution in [-0.4, -0.2) is 24.9 Å². The second-order valence-corrected chi connectivity index (χ2v) is 5.31. The van der Waals surface area contributed by atoms with E-state index in [0.717, 1.165) is 24.1 Å². The lowest BCUT2D eigenvalue weighted by Gasteiger charge is -2.39. The van der Waals surface area contributed by atoms with Crippen LogP contribution in [0.5, 0.6) is 0 Å². The molecule has 5 heteroatoms. The van der Waals surface area contributed by atoms with Crippen LogP contribution < -0.4 is 16.0 Å². The van der Waals surface area contributed by atoms with Gasteiger partial charge in [0.2, 0.25) is 11.8 Å². The molecule has 1 saturated heterocycles. The molecule has 1 heterocycles. The molecule has 0 aromatic heterocycles. The second-order valence-electron chi connectivity index (χ2n) is 5.31. The highest BCUT2D eigenvalue weighted by Gasteiger charge is 2.34. The van der Waals surface area contributed by atoms with E-state index in [-0.39, 0.29) is 30.4 Å². The van der Waals surface area contributed by atoms with Gasteiger partial charge in [0.05, 0.1) is 6.54 Å². The maximum Gasteiger partial charge on any atom is 0.246 e. The van der Waals surface area contributed by atoms with Crippen molar-refractivity contribution < 1.29 is 9.59 Å². The molecule has 1 aliphatic heterocycles. The van der Waals surface area contributed by atoms with E-state index in [1.807, 2.05) is 24.3 Å². The number of piperazine rings is 1. The van der Waals surface area contributed by atoms with Gasteiger partial charge in [0, 0.05) is 11.2 Å². The van der Waals surface area contributed by atoms with Gasteiger partial charge in [-0.15, -0.1) is 0 Å². The number of hydrogen-bond acceptors (Lipinski definition) is 3. The summed E-state index contributed by atoms with van der Waals surface area (Å²) in [5.41, 5.74) is 7.93. The fraction of sp³-hybridized carbons (Fsp3) is 0.429. The molecule has 3 rings (SSSR count). The van der Waals surface area contributed by atoms with Crippen LogP contribution in [0, 0.1) is 0 Å². The zero-order valence-electron chi connectivity index (χ0n) is 10.7. The molecule has 2 amide bonds. The minimum absolute atomic E-state index is 0.0708. The molecule has 0 spiro atoms. The number of anilines is 1. The average Bonchev–Trinajstić information content (AvgIpc) is 2.39. The smallest absolute Gasteiger partial charge is 0.246 e. The highest BCUT2D eigenvalue weighted by molar-refractivity contribution is 6.04. The first-order chi connectivity index (χ1) is 9.08. The van der Waals surface area contributed by atoms with Gasteiger partial charge in [-0.3, -0.25) is 9.59 Å². The van der Waals surface area contributed by atoms with Crippen LogP contribution in [0.4, 0.5) is 5.69 Å². The van der Waals surface area contributed by atoms with E-state index in [1.54, 1.807) is 0 Å². The lowest BCUT2D eigenvalue weighted by molar-refractivity contribution is -0.128. The van der Waals surface area contributed by atoms with Gasteiger partial charge in [-0.25, -0.2) is 0 Å². The topological polar surface area (TPSA) is 75.4 Å². The summed E-state index contributed by atoms with van der Waals surface area (Å²) in [7, 11) is 0. The SMILES string of the molecule is NC1(c2ccc(N3CC(=O)NCC3=O)cc2)CCC1. The van der Waals surface area contributed by atoms with Gasteiger partial charge in [-0.2, -0.15) is 0 Å². The Kier molecular flexibility index (Phi) is 2.78. The highest BCUT2D eigenvalue weighted by atomic mass is 16.2. The Morgan fingerprint density at radius 1 is 1.16 bits per heavy atom. The van der Waals surface area contributed by atoms with E-state index in [1.165, 1.54) is 11.3 Å². The molecule has 2 fully saturated rings. The van der Waals surface area contributed by atoms with Gasteiger partial charge >= 0.3 is 0 Å². The van der Waals surface area contributed by atoms with Crippen molar-refractivity contribution in [3.8, 4) is 0 Å². The fourth-order valence-corrected chi connectivity index (χ4v) is 2.61. The number of hydrogen-bond donors (Lipinski definition) is 2. The fourth-order valence-electron chi connectivity index (χ4n) is 2.61. The van der Waals surface area contributed by atoms with Crippen LogP contribution in [0.1, 0.15) is 24.8 Å². The lowest BCUT2D eigenvalue weighted by atomic mass is 9.73. The predicted octanol–water partition coefficient (Wildman–Crippen LogP) is 0.487. The molecule has 0 bridgehead atoms. The normalized spacial score (nSPS) is 21.8. The third-order valence-electron chi connectivity index (χ3n) is 4.04. The van der Waals surface area contributed by atoms with E-state index in [2.05, 4.69) is 5.32 Å². The molecule has 0 unspecified atom stereocenters. The monoisotopic (exact) mass is 259 g/mol. The molecule has 0 atom stereocenters. The van der Waals surface area contributed by atoms with Crippen molar-refractivity contribution in [1.82, 2.24) is 5.32 Å². The van der Waals surface area contributed by atoms with Crippen LogP contribution in [0.25, 0.3) is 0 Å². The second kappa shape index (κ2) is 4.35. The van der Waals surface area contributed by atoms with E-state index in [9.17, 15) is 9.59 Å². The molecule has 1 aromatic rings. The molecule has 5 nitrogen and oxygen atoms in total. The van der Waals surface area contributed by atoms with Crippen LogP contribution in [-0.2, 0) is 15.1 Å². The van der Waals surface area contributed by atoms with Crippen LogP contribution >= 0.6 is 0 Å². The number of amides is 2. The molecule has 100 valence electrons. The van der Waals surface area contributed by atoms with Gasteiger partial charge in [0.25, 0.3) is 0 Å². The van der Waals surface area contributed by atoms with E-state index in [4.69, 9.17) is 5.73 Å². The predicted molar refractivity (Wildman–Crippen MR) is 71.5 cm³/mol. The van der Waals surface area contributed by atoms with E-state index >= 15 is 0 Å². The third kappa shape index (κ3) is 2.10. The summed E-state index contributed by atoms with van der Waals surface area (Å²) in [4.78, 5) is 24.6. The number of carbonyl (C=O) groups is 2. The quantitative estimate of drug-likeness (QED) is 0.811. The number of rotatable bonds is 2. The molecule has 1 aliphatic carbocycles. The number of nitrogens with one attached hydrogen (secondary N) is 1. The summed E-state index contributed by atoms with van der Waals surface area (Å²) < 4.78 is 0. The van der Waals surface area contributed by atoms with Gasteiger partial charge in [0.1, 0.15) is 6.54 Å². The maximum atomic E-state index is 11.8. The summed E-state index contributed by atoms with van der Waals surface area (Å²) in [6.07, 6.45) is 3.19. The summed E-state index contributed by atoms with van der Waals surface area (Å²) in [6, 6.07) is 7.68. The molecule has 1 aromatic carbocycles. The van der Waals surface area contributed by atoms with Crippen molar-refractivity contribution in [1.29, 1.82) is 0 Å². The lowest BCUT2D eigenvalue weighted by Crippen LogP contribution is -2.51. The van der Waals surface area contributed by atoms with E-state index < -0.39 is 0 Å². The van der Waals surface area contributed by atoms with E-state index in [0.29, 0.717) is 0 Å². The molecule has 2 aliphatic rings. The first-order valence-electron chi connectivity index (χ1n) is 6.55. The average molecular weight is 259 g/mol. The summed E-state index contributed by atoms with van der Waals surface area (Å²) in [5, 5.41) is 2.54. The number of nitrogens with two attached hydrogens (primary N) is 1. The first kappa shape index (κ1) is 12.2. The molecule has 3 N–H and O–H groups in total. The number of benzene rings is 1. The molecule has 0 radical (unpaired) electrons. The van der Waals surface area contributed by atoms with Crippen LogP contribution in [0.3, 0.4) is 0 Å². The van der Waals surface area contributed by atoms with Gasteiger partial charge < -0.3 is 16.0 Å². The standard InChI is InChI=1S/C14H17N3O2/c15-14(6-1-7-14)10-2-4-11(5-3-10)17-9-12(18)16-8-13(17)19/h2-5H,1,6-9,15H2,(H,16,18). The number of carbonyl (C=O) groups excluding carboxylic acids is 2. The summed E-state index contributed by atoms with van der Waals surface area (Å²) in [6.45, 7) is 0.160.